The molecule has 2 aromatic carbocycles. The molecule has 0 heterocycles. The van der Waals surface area contributed by atoms with Gasteiger partial charge in [-0.15, -0.1) is 0 Å². The summed E-state index contributed by atoms with van der Waals surface area (Å²) in [6.07, 6.45) is 9.37. The van der Waals surface area contributed by atoms with Crippen molar-refractivity contribution < 1.29 is 9.79 Å². The standard InChI is InChI=1S/C25H28NO2P/c1-18(19-8-3-2-4-9-19)29(27,28)26-23-13-7-11-21-15-17-25(24(21)23)16-14-20-10-5-6-12-22(20)25/h2-12,18,27-29H,13-17H2,1H3. The van der Waals surface area contributed by atoms with Crippen molar-refractivity contribution in [2.75, 3.05) is 0 Å². The van der Waals surface area contributed by atoms with Gasteiger partial charge in [0.15, 0.2) is 0 Å². The first-order valence-corrected chi connectivity index (χ1v) is 12.5. The second kappa shape index (κ2) is 7.02. The Kier molecular flexibility index (Phi) is 4.58. The molecule has 0 aromatic heterocycles. The summed E-state index contributed by atoms with van der Waals surface area (Å²) < 4.78 is 4.74. The Hall–Kier alpha value is -2.06. The van der Waals surface area contributed by atoms with E-state index in [-0.39, 0.29) is 11.1 Å². The van der Waals surface area contributed by atoms with Crippen molar-refractivity contribution in [3.63, 3.8) is 0 Å². The van der Waals surface area contributed by atoms with Gasteiger partial charge < -0.3 is 0 Å². The van der Waals surface area contributed by atoms with E-state index < -0.39 is 7.87 Å². The molecule has 0 bridgehead atoms. The average molecular weight is 405 g/mol. The molecule has 0 aliphatic heterocycles. The molecule has 3 aliphatic carbocycles. The molecule has 2 atom stereocenters. The molecule has 0 amide bonds. The molecule has 2 aromatic rings. The Morgan fingerprint density at radius 1 is 0.966 bits per heavy atom. The van der Waals surface area contributed by atoms with Crippen LogP contribution in [-0.2, 0) is 11.8 Å². The van der Waals surface area contributed by atoms with Crippen LogP contribution in [0.25, 0.3) is 0 Å². The molecule has 5 rings (SSSR count). The molecule has 2 unspecified atom stereocenters. The van der Waals surface area contributed by atoms with Crippen LogP contribution in [-0.4, -0.2) is 15.5 Å². The van der Waals surface area contributed by atoms with Crippen LogP contribution in [0.15, 0.2) is 82.7 Å². The van der Waals surface area contributed by atoms with Gasteiger partial charge in [0.05, 0.1) is 0 Å². The number of rotatable bonds is 3. The predicted octanol–water partition coefficient (Wildman–Crippen LogP) is 5.60. The first-order chi connectivity index (χ1) is 14.0. The third kappa shape index (κ3) is 3.04. The van der Waals surface area contributed by atoms with Crippen LogP contribution in [0.2, 0.25) is 0 Å². The Balaban J connectivity index is 1.57. The molecule has 2 N–H and O–H groups in total. The molecule has 29 heavy (non-hydrogen) atoms. The minimum atomic E-state index is -3.83. The van der Waals surface area contributed by atoms with E-state index in [1.807, 2.05) is 37.3 Å². The zero-order valence-electron chi connectivity index (χ0n) is 16.8. The van der Waals surface area contributed by atoms with E-state index >= 15 is 0 Å². The van der Waals surface area contributed by atoms with Crippen molar-refractivity contribution >= 4 is 13.6 Å². The molecule has 0 saturated carbocycles. The molecule has 0 saturated heterocycles. The zero-order chi connectivity index (χ0) is 20.1. The number of allylic oxidation sites excluding steroid dienone is 4. The van der Waals surface area contributed by atoms with Gasteiger partial charge >= 0.3 is 173 Å². The summed E-state index contributed by atoms with van der Waals surface area (Å²) in [5, 5.41) is 0. The summed E-state index contributed by atoms with van der Waals surface area (Å²) in [6.45, 7) is 1.88. The van der Waals surface area contributed by atoms with Gasteiger partial charge in [0.2, 0.25) is 0 Å². The van der Waals surface area contributed by atoms with Gasteiger partial charge in [0.1, 0.15) is 0 Å². The van der Waals surface area contributed by atoms with Crippen LogP contribution in [0, 0.1) is 0 Å². The van der Waals surface area contributed by atoms with Gasteiger partial charge in [0, 0.05) is 0 Å². The maximum absolute atomic E-state index is 11.1. The van der Waals surface area contributed by atoms with E-state index in [9.17, 15) is 9.79 Å². The molecule has 0 radical (unpaired) electrons. The van der Waals surface area contributed by atoms with Crippen LogP contribution in [0.5, 0.6) is 0 Å². The Labute approximate surface area is 173 Å². The van der Waals surface area contributed by atoms with Crippen molar-refractivity contribution in [2.45, 2.75) is 50.1 Å². The van der Waals surface area contributed by atoms with Gasteiger partial charge in [-0.1, -0.05) is 0 Å². The molecular formula is C25H28NO2P. The average Bonchev–Trinajstić information content (AvgIpc) is 3.31. The first kappa shape index (κ1) is 18.9. The van der Waals surface area contributed by atoms with Crippen molar-refractivity contribution in [3.05, 3.63) is 94.6 Å². The quantitative estimate of drug-likeness (QED) is 0.653. The normalized spacial score (nSPS) is 26.1. The van der Waals surface area contributed by atoms with E-state index in [4.69, 9.17) is 4.76 Å². The van der Waals surface area contributed by atoms with Crippen LogP contribution in [0.3, 0.4) is 0 Å². The predicted molar refractivity (Wildman–Crippen MR) is 122 cm³/mol. The van der Waals surface area contributed by atoms with Gasteiger partial charge in [-0.2, -0.15) is 0 Å². The fourth-order valence-electron chi connectivity index (χ4n) is 5.52. The Morgan fingerprint density at radius 2 is 1.69 bits per heavy atom. The van der Waals surface area contributed by atoms with Gasteiger partial charge in [-0.05, 0) is 0 Å². The summed E-state index contributed by atoms with van der Waals surface area (Å²) in [6, 6.07) is 18.5. The third-order valence-corrected chi connectivity index (χ3v) is 9.17. The summed E-state index contributed by atoms with van der Waals surface area (Å²) >= 11 is 0. The van der Waals surface area contributed by atoms with Crippen molar-refractivity contribution in [3.8, 4) is 0 Å². The Bertz CT molecular complexity index is 1040. The molecule has 0 fully saturated rings. The van der Waals surface area contributed by atoms with Crippen molar-refractivity contribution in [1.29, 1.82) is 0 Å². The summed E-state index contributed by atoms with van der Waals surface area (Å²) in [4.78, 5) is 22.2. The van der Waals surface area contributed by atoms with E-state index in [0.717, 1.165) is 37.0 Å². The number of hydrogen-bond donors (Lipinski definition) is 2. The summed E-state index contributed by atoms with van der Waals surface area (Å²) in [5.41, 5.74) is 6.93. The fourth-order valence-corrected chi connectivity index (χ4v) is 6.95. The minimum absolute atomic E-state index is 0.00398. The van der Waals surface area contributed by atoms with Crippen LogP contribution < -0.4 is 0 Å². The van der Waals surface area contributed by atoms with Gasteiger partial charge in [-0.25, -0.2) is 0 Å². The number of hydrogen-bond acceptors (Lipinski definition) is 3. The molecule has 150 valence electrons. The molecular weight excluding hydrogens is 377 g/mol. The second-order valence-electron chi connectivity index (χ2n) is 8.62. The first-order valence-electron chi connectivity index (χ1n) is 10.6. The number of benzene rings is 2. The summed E-state index contributed by atoms with van der Waals surface area (Å²) in [5.74, 6) is 0. The number of nitrogens with zero attached hydrogens (tertiary/aromatic N) is 1. The van der Waals surface area contributed by atoms with Gasteiger partial charge in [-0.3, -0.25) is 0 Å². The SMILES string of the molecule is CC(c1ccccc1)[PH](O)(O)N=C1CC=CC2=C1C1(CC2)CCc2ccccc21. The van der Waals surface area contributed by atoms with E-state index in [1.54, 1.807) is 0 Å². The molecule has 1 spiro atoms. The maximum atomic E-state index is 11.1. The van der Waals surface area contributed by atoms with Crippen molar-refractivity contribution in [1.82, 2.24) is 0 Å². The van der Waals surface area contributed by atoms with Crippen LogP contribution in [0.4, 0.5) is 0 Å². The molecule has 4 heteroatoms. The molecule has 3 nitrogen and oxygen atoms in total. The number of aryl methyl sites for hydroxylation is 1. The van der Waals surface area contributed by atoms with Crippen molar-refractivity contribution in [2.24, 2.45) is 4.76 Å². The van der Waals surface area contributed by atoms with E-state index in [0.29, 0.717) is 6.42 Å². The fraction of sp³-hybridized carbons (Fsp3) is 0.320. The third-order valence-electron chi connectivity index (χ3n) is 7.07. The second-order valence-corrected chi connectivity index (χ2v) is 11.1. The van der Waals surface area contributed by atoms with Gasteiger partial charge in [0.25, 0.3) is 0 Å². The van der Waals surface area contributed by atoms with E-state index in [2.05, 4.69) is 36.4 Å². The molecule has 3 aliphatic rings. The summed E-state index contributed by atoms with van der Waals surface area (Å²) in [7, 11) is -3.83. The Morgan fingerprint density at radius 3 is 2.52 bits per heavy atom. The monoisotopic (exact) mass is 405 g/mol. The number of fused-ring (bicyclic) bond motifs is 3. The topological polar surface area (TPSA) is 52.8 Å². The zero-order valence-corrected chi connectivity index (χ0v) is 17.8. The van der Waals surface area contributed by atoms with Crippen LogP contribution >= 0.6 is 7.87 Å². The van der Waals surface area contributed by atoms with Crippen LogP contribution in [0.1, 0.15) is 55.0 Å². The van der Waals surface area contributed by atoms with E-state index in [1.165, 1.54) is 22.3 Å².